The van der Waals surface area contributed by atoms with E-state index >= 15 is 0 Å². The van der Waals surface area contributed by atoms with Gasteiger partial charge in [0.2, 0.25) is 0 Å². The number of rotatable bonds is 4. The summed E-state index contributed by atoms with van der Waals surface area (Å²) in [4.78, 5) is 1.68. The second-order valence-electron chi connectivity index (χ2n) is 5.24. The number of nitrogens with zero attached hydrogens (tertiary/aromatic N) is 1. The minimum atomic E-state index is -4.83. The normalized spacial score (nSPS) is 18.7. The van der Waals surface area contributed by atoms with E-state index in [9.17, 15) is 26.3 Å². The van der Waals surface area contributed by atoms with Crippen molar-refractivity contribution in [3.05, 3.63) is 29.8 Å². The molecule has 0 aromatic heterocycles. The zero-order valence-electron chi connectivity index (χ0n) is 12.0. The molecule has 1 fully saturated rings. The van der Waals surface area contributed by atoms with Crippen molar-refractivity contribution in [1.29, 1.82) is 0 Å². The van der Waals surface area contributed by atoms with Crippen molar-refractivity contribution in [1.82, 2.24) is 10.2 Å². The molecule has 1 aliphatic heterocycles. The SMILES string of the molecule is FC(F)(F)C[C@@H](c1ccc(OC(F)(F)F)cc1)N1CCNCC1. The lowest BCUT2D eigenvalue weighted by Crippen LogP contribution is -2.46. The Kier molecular flexibility index (Phi) is 5.41. The van der Waals surface area contributed by atoms with Gasteiger partial charge < -0.3 is 10.1 Å². The Bertz CT molecular complexity index is 493. The van der Waals surface area contributed by atoms with Gasteiger partial charge in [-0.25, -0.2) is 0 Å². The maximum absolute atomic E-state index is 12.8. The Hall–Kier alpha value is -1.48. The molecule has 1 aromatic rings. The first kappa shape index (κ1) is 17.9. The van der Waals surface area contributed by atoms with Gasteiger partial charge in [-0.15, -0.1) is 13.2 Å². The van der Waals surface area contributed by atoms with E-state index in [0.717, 1.165) is 12.1 Å². The Balaban J connectivity index is 2.17. The van der Waals surface area contributed by atoms with Crippen molar-refractivity contribution in [2.45, 2.75) is 25.0 Å². The van der Waals surface area contributed by atoms with Gasteiger partial charge in [0, 0.05) is 32.2 Å². The molecular weight excluding hydrogens is 326 g/mol. The van der Waals surface area contributed by atoms with Gasteiger partial charge in [-0.2, -0.15) is 13.2 Å². The van der Waals surface area contributed by atoms with Crippen LogP contribution in [0, 0.1) is 0 Å². The average molecular weight is 342 g/mol. The fraction of sp³-hybridized carbons (Fsp3) is 0.571. The van der Waals surface area contributed by atoms with Gasteiger partial charge >= 0.3 is 12.5 Å². The molecule has 2 rings (SSSR count). The summed E-state index contributed by atoms with van der Waals surface area (Å²) in [6.45, 7) is 2.04. The van der Waals surface area contributed by atoms with Crippen molar-refractivity contribution in [2.24, 2.45) is 0 Å². The number of alkyl halides is 6. The summed E-state index contributed by atoms with van der Waals surface area (Å²) in [6, 6.07) is 3.65. The molecular formula is C14H16F6N2O. The van der Waals surface area contributed by atoms with Gasteiger partial charge in [-0.05, 0) is 17.7 Å². The number of piperazine rings is 1. The predicted molar refractivity (Wildman–Crippen MR) is 71.0 cm³/mol. The minimum absolute atomic E-state index is 0.318. The quantitative estimate of drug-likeness (QED) is 0.848. The van der Waals surface area contributed by atoms with E-state index in [1.807, 2.05) is 0 Å². The van der Waals surface area contributed by atoms with E-state index in [1.165, 1.54) is 12.1 Å². The Morgan fingerprint density at radius 3 is 2.04 bits per heavy atom. The molecule has 0 amide bonds. The third-order valence-electron chi connectivity index (χ3n) is 3.52. The van der Waals surface area contributed by atoms with E-state index in [1.54, 1.807) is 4.90 Å². The molecule has 0 unspecified atom stereocenters. The summed E-state index contributed by atoms with van der Waals surface area (Å²) in [5.74, 6) is -0.452. The molecule has 0 bridgehead atoms. The summed E-state index contributed by atoms with van der Waals surface area (Å²) < 4.78 is 78.6. The molecule has 1 aromatic carbocycles. The Labute approximate surface area is 129 Å². The van der Waals surface area contributed by atoms with Gasteiger partial charge in [0.05, 0.1) is 6.42 Å². The van der Waals surface area contributed by atoms with Crippen molar-refractivity contribution in [3.63, 3.8) is 0 Å². The first-order valence-corrected chi connectivity index (χ1v) is 7.01. The zero-order chi connectivity index (χ0) is 17.1. The third kappa shape index (κ3) is 5.91. The topological polar surface area (TPSA) is 24.5 Å². The molecule has 9 heteroatoms. The third-order valence-corrected chi connectivity index (χ3v) is 3.52. The summed E-state index contributed by atoms with van der Waals surface area (Å²) >= 11 is 0. The fourth-order valence-corrected chi connectivity index (χ4v) is 2.56. The molecule has 23 heavy (non-hydrogen) atoms. The standard InChI is InChI=1S/C14H16F6N2O/c15-13(16,17)9-12(22-7-5-21-6-8-22)10-1-3-11(4-2-10)23-14(18,19)20/h1-4,12,21H,5-9H2/t12-/m0/s1. The predicted octanol–water partition coefficient (Wildman–Crippen LogP) is 3.48. The highest BCUT2D eigenvalue weighted by atomic mass is 19.4. The van der Waals surface area contributed by atoms with Crippen LogP contribution in [0.15, 0.2) is 24.3 Å². The monoisotopic (exact) mass is 342 g/mol. The number of nitrogens with one attached hydrogen (secondary N) is 1. The van der Waals surface area contributed by atoms with Gasteiger partial charge in [-0.1, -0.05) is 12.1 Å². The number of halogens is 6. The molecule has 0 spiro atoms. The lowest BCUT2D eigenvalue weighted by molar-refractivity contribution is -0.274. The van der Waals surface area contributed by atoms with E-state index in [-0.39, 0.29) is 0 Å². The molecule has 0 aliphatic carbocycles. The maximum atomic E-state index is 12.8. The lowest BCUT2D eigenvalue weighted by atomic mass is 10.0. The molecule has 1 N–H and O–H groups in total. The number of hydrogen-bond acceptors (Lipinski definition) is 3. The van der Waals surface area contributed by atoms with Gasteiger partial charge in [0.25, 0.3) is 0 Å². The second-order valence-corrected chi connectivity index (χ2v) is 5.24. The van der Waals surface area contributed by atoms with Crippen molar-refractivity contribution in [2.75, 3.05) is 26.2 Å². The maximum Gasteiger partial charge on any atom is 0.573 e. The lowest BCUT2D eigenvalue weighted by Gasteiger charge is -2.35. The zero-order valence-corrected chi connectivity index (χ0v) is 12.0. The average Bonchev–Trinajstić information content (AvgIpc) is 2.44. The van der Waals surface area contributed by atoms with Crippen LogP contribution in [0.1, 0.15) is 18.0 Å². The molecule has 3 nitrogen and oxygen atoms in total. The summed E-state index contributed by atoms with van der Waals surface area (Å²) in [5.41, 5.74) is 0.318. The van der Waals surface area contributed by atoms with Gasteiger partial charge in [0.15, 0.2) is 0 Å². The largest absolute Gasteiger partial charge is 0.573 e. The van der Waals surface area contributed by atoms with Crippen molar-refractivity contribution < 1.29 is 31.1 Å². The highest BCUT2D eigenvalue weighted by Gasteiger charge is 2.36. The van der Waals surface area contributed by atoms with Crippen LogP contribution in [-0.4, -0.2) is 43.6 Å². The molecule has 1 aliphatic rings. The Morgan fingerprint density at radius 1 is 1.00 bits per heavy atom. The van der Waals surface area contributed by atoms with Crippen LogP contribution >= 0.6 is 0 Å². The smallest absolute Gasteiger partial charge is 0.406 e. The number of hydrogen-bond donors (Lipinski definition) is 1. The first-order valence-electron chi connectivity index (χ1n) is 7.01. The van der Waals surface area contributed by atoms with E-state index in [0.29, 0.717) is 31.7 Å². The van der Waals surface area contributed by atoms with Crippen LogP contribution in [-0.2, 0) is 0 Å². The van der Waals surface area contributed by atoms with Crippen molar-refractivity contribution in [3.8, 4) is 5.75 Å². The van der Waals surface area contributed by atoms with E-state index in [4.69, 9.17) is 0 Å². The minimum Gasteiger partial charge on any atom is -0.406 e. The summed E-state index contributed by atoms with van der Waals surface area (Å²) in [6.07, 6.45) is -10.2. The molecule has 130 valence electrons. The van der Waals surface area contributed by atoms with Gasteiger partial charge in [0.1, 0.15) is 5.75 Å². The Morgan fingerprint density at radius 2 is 1.57 bits per heavy atom. The summed E-state index contributed by atoms with van der Waals surface area (Å²) in [5, 5.41) is 3.05. The van der Waals surface area contributed by atoms with Gasteiger partial charge in [-0.3, -0.25) is 4.90 Å². The van der Waals surface area contributed by atoms with Crippen LogP contribution in [0.25, 0.3) is 0 Å². The van der Waals surface area contributed by atoms with Crippen LogP contribution in [0.3, 0.4) is 0 Å². The van der Waals surface area contributed by atoms with Crippen LogP contribution < -0.4 is 10.1 Å². The molecule has 0 saturated carbocycles. The molecule has 1 heterocycles. The number of ether oxygens (including phenoxy) is 1. The molecule has 0 radical (unpaired) electrons. The second kappa shape index (κ2) is 6.96. The summed E-state index contributed by atoms with van der Waals surface area (Å²) in [7, 11) is 0. The van der Waals surface area contributed by atoms with E-state index < -0.39 is 30.8 Å². The van der Waals surface area contributed by atoms with Crippen LogP contribution in [0.4, 0.5) is 26.3 Å². The van der Waals surface area contributed by atoms with Crippen LogP contribution in [0.2, 0.25) is 0 Å². The molecule has 1 saturated heterocycles. The van der Waals surface area contributed by atoms with E-state index in [2.05, 4.69) is 10.1 Å². The van der Waals surface area contributed by atoms with Crippen molar-refractivity contribution >= 4 is 0 Å². The van der Waals surface area contributed by atoms with Crippen LogP contribution in [0.5, 0.6) is 5.75 Å². The molecule has 1 atom stereocenters. The number of benzene rings is 1. The highest BCUT2D eigenvalue weighted by molar-refractivity contribution is 5.29. The first-order chi connectivity index (χ1) is 10.6. The highest BCUT2D eigenvalue weighted by Crippen LogP contribution is 2.35. The fourth-order valence-electron chi connectivity index (χ4n) is 2.56.